The van der Waals surface area contributed by atoms with Gasteiger partial charge in [-0.1, -0.05) is 24.3 Å². The highest BCUT2D eigenvalue weighted by Gasteiger charge is 2.08. The molecule has 0 saturated carbocycles. The van der Waals surface area contributed by atoms with Crippen LogP contribution in [-0.4, -0.2) is 16.0 Å². The number of hydrogen-bond donors (Lipinski definition) is 3. The van der Waals surface area contributed by atoms with E-state index >= 15 is 0 Å². The number of aryl methyl sites for hydroxylation is 1. The quantitative estimate of drug-likeness (QED) is 0.652. The molecule has 0 fully saturated rings. The minimum absolute atomic E-state index is 0.0600. The number of aliphatic hydroxyl groups is 1. The van der Waals surface area contributed by atoms with Crippen molar-refractivity contribution >= 4 is 16.8 Å². The molecule has 0 atom stereocenters. The van der Waals surface area contributed by atoms with E-state index in [1.165, 1.54) is 6.07 Å². The van der Waals surface area contributed by atoms with Crippen molar-refractivity contribution in [1.29, 1.82) is 0 Å². The lowest BCUT2D eigenvalue weighted by atomic mass is 10.1. The molecule has 4 nitrogen and oxygen atoms in total. The van der Waals surface area contributed by atoms with Gasteiger partial charge in [0.05, 0.1) is 6.61 Å². The lowest BCUT2D eigenvalue weighted by Gasteiger charge is -2.07. The highest BCUT2D eigenvalue weighted by atomic mass is 19.1. The minimum atomic E-state index is -0.438. The van der Waals surface area contributed by atoms with Crippen LogP contribution in [0.5, 0.6) is 0 Å². The summed E-state index contributed by atoms with van der Waals surface area (Å²) in [6.07, 6.45) is 2.97. The highest BCUT2D eigenvalue weighted by Crippen LogP contribution is 2.19. The number of amides is 1. The number of nitrogens with one attached hydrogen (secondary N) is 2. The van der Waals surface area contributed by atoms with Crippen LogP contribution in [0.4, 0.5) is 4.39 Å². The number of hydrogen-bond acceptors (Lipinski definition) is 2. The number of carbonyl (C=O) groups excluding carboxylic acids is 1. The van der Waals surface area contributed by atoms with Gasteiger partial charge in [0, 0.05) is 35.6 Å². The van der Waals surface area contributed by atoms with Crippen LogP contribution in [0.1, 0.15) is 23.1 Å². The summed E-state index contributed by atoms with van der Waals surface area (Å²) in [6, 6.07) is 12.5. The van der Waals surface area contributed by atoms with E-state index in [1.54, 1.807) is 12.1 Å². The van der Waals surface area contributed by atoms with Crippen LogP contribution < -0.4 is 5.32 Å². The minimum Gasteiger partial charge on any atom is -0.392 e. The number of rotatable bonds is 6. The van der Waals surface area contributed by atoms with Gasteiger partial charge in [-0.05, 0) is 35.7 Å². The summed E-state index contributed by atoms with van der Waals surface area (Å²) in [5.74, 6) is -0.498. The third-order valence-corrected chi connectivity index (χ3v) is 4.07. The normalized spacial score (nSPS) is 10.9. The standard InChI is InChI=1S/C19H19FN2O2/c20-17-7-5-13(9-15(17)12-23)10-22-19(24)8-6-14-11-21-18-4-2-1-3-16(14)18/h1-5,7,9,11,21,23H,6,8,10,12H2,(H,22,24). The SMILES string of the molecule is O=C(CCc1c[nH]c2ccccc12)NCc1ccc(F)c(CO)c1. The number of benzene rings is 2. The van der Waals surface area contributed by atoms with E-state index in [9.17, 15) is 9.18 Å². The fraction of sp³-hybridized carbons (Fsp3) is 0.211. The largest absolute Gasteiger partial charge is 0.392 e. The molecule has 0 saturated heterocycles. The summed E-state index contributed by atoms with van der Waals surface area (Å²) in [5.41, 5.74) is 3.18. The Morgan fingerprint density at radius 3 is 2.83 bits per heavy atom. The Morgan fingerprint density at radius 2 is 2.00 bits per heavy atom. The summed E-state index contributed by atoms with van der Waals surface area (Å²) < 4.78 is 13.3. The molecule has 1 heterocycles. The van der Waals surface area contributed by atoms with Crippen molar-refractivity contribution in [2.45, 2.75) is 26.0 Å². The number of aromatic nitrogens is 1. The number of aliphatic hydroxyl groups excluding tert-OH is 1. The Morgan fingerprint density at radius 1 is 1.17 bits per heavy atom. The molecule has 3 aromatic rings. The molecule has 0 bridgehead atoms. The van der Waals surface area contributed by atoms with Gasteiger partial charge in [0.15, 0.2) is 0 Å². The lowest BCUT2D eigenvalue weighted by Crippen LogP contribution is -2.23. The molecule has 1 amide bonds. The van der Waals surface area contributed by atoms with Crippen LogP contribution in [0.3, 0.4) is 0 Å². The first-order chi connectivity index (χ1) is 11.7. The summed E-state index contributed by atoms with van der Waals surface area (Å²) in [7, 11) is 0. The van der Waals surface area contributed by atoms with Gasteiger partial charge in [0.1, 0.15) is 5.82 Å². The van der Waals surface area contributed by atoms with Gasteiger partial charge in [0.25, 0.3) is 0 Å². The third kappa shape index (κ3) is 3.63. The van der Waals surface area contributed by atoms with Gasteiger partial charge in [-0.15, -0.1) is 0 Å². The summed E-state index contributed by atoms with van der Waals surface area (Å²) in [4.78, 5) is 15.2. The molecule has 1 aromatic heterocycles. The van der Waals surface area contributed by atoms with Crippen molar-refractivity contribution in [2.75, 3.05) is 0 Å². The summed E-state index contributed by atoms with van der Waals surface area (Å²) >= 11 is 0. The maximum atomic E-state index is 13.3. The van der Waals surface area contributed by atoms with E-state index in [4.69, 9.17) is 5.11 Å². The molecule has 5 heteroatoms. The Kier molecular flexibility index (Phi) is 4.91. The van der Waals surface area contributed by atoms with Crippen molar-refractivity contribution < 1.29 is 14.3 Å². The second-order valence-electron chi connectivity index (χ2n) is 5.72. The van der Waals surface area contributed by atoms with Gasteiger partial charge in [-0.25, -0.2) is 4.39 Å². The number of carbonyl (C=O) groups is 1. The predicted octanol–water partition coefficient (Wildman–Crippen LogP) is 3.05. The molecule has 0 spiro atoms. The van der Waals surface area contributed by atoms with Crippen molar-refractivity contribution in [1.82, 2.24) is 10.3 Å². The average Bonchev–Trinajstić information content (AvgIpc) is 3.02. The van der Waals surface area contributed by atoms with Gasteiger partial charge in [-0.3, -0.25) is 4.79 Å². The number of fused-ring (bicyclic) bond motifs is 1. The summed E-state index contributed by atoms with van der Waals surface area (Å²) in [6.45, 7) is -0.0336. The van der Waals surface area contributed by atoms with Gasteiger partial charge in [-0.2, -0.15) is 0 Å². The van der Waals surface area contributed by atoms with Crippen LogP contribution in [0.25, 0.3) is 10.9 Å². The summed E-state index contributed by atoms with van der Waals surface area (Å²) in [5, 5.41) is 13.0. The molecule has 2 aromatic carbocycles. The smallest absolute Gasteiger partial charge is 0.220 e. The topological polar surface area (TPSA) is 65.1 Å². The first-order valence-corrected chi connectivity index (χ1v) is 7.87. The number of para-hydroxylation sites is 1. The number of halogens is 1. The molecule has 3 N–H and O–H groups in total. The monoisotopic (exact) mass is 326 g/mol. The number of H-pyrrole nitrogens is 1. The Labute approximate surface area is 139 Å². The molecule has 0 aliphatic carbocycles. The second kappa shape index (κ2) is 7.27. The van der Waals surface area contributed by atoms with Crippen LogP contribution in [0.15, 0.2) is 48.7 Å². The van der Waals surface area contributed by atoms with E-state index < -0.39 is 5.82 Å². The Hall–Kier alpha value is -2.66. The molecule has 0 radical (unpaired) electrons. The first-order valence-electron chi connectivity index (χ1n) is 7.87. The van der Waals surface area contributed by atoms with Gasteiger partial charge in [0.2, 0.25) is 5.91 Å². The second-order valence-corrected chi connectivity index (χ2v) is 5.72. The zero-order chi connectivity index (χ0) is 16.9. The average molecular weight is 326 g/mol. The molecule has 124 valence electrons. The van der Waals surface area contributed by atoms with Crippen molar-refractivity contribution in [2.24, 2.45) is 0 Å². The maximum Gasteiger partial charge on any atom is 0.220 e. The lowest BCUT2D eigenvalue weighted by molar-refractivity contribution is -0.121. The van der Waals surface area contributed by atoms with Crippen LogP contribution in [0, 0.1) is 5.82 Å². The van der Waals surface area contributed by atoms with E-state index in [0.717, 1.165) is 22.0 Å². The molecule has 0 aliphatic heterocycles. The zero-order valence-corrected chi connectivity index (χ0v) is 13.2. The van der Waals surface area contributed by atoms with Crippen LogP contribution >= 0.6 is 0 Å². The van der Waals surface area contributed by atoms with Gasteiger partial charge >= 0.3 is 0 Å². The maximum absolute atomic E-state index is 13.3. The predicted molar refractivity (Wildman–Crippen MR) is 90.8 cm³/mol. The third-order valence-electron chi connectivity index (χ3n) is 4.07. The molecule has 0 unspecified atom stereocenters. The molecular weight excluding hydrogens is 307 g/mol. The fourth-order valence-electron chi connectivity index (χ4n) is 2.73. The molecular formula is C19H19FN2O2. The Balaban J connectivity index is 1.54. The number of aromatic amines is 1. The fourth-order valence-corrected chi connectivity index (χ4v) is 2.73. The highest BCUT2D eigenvalue weighted by molar-refractivity contribution is 5.84. The van der Waals surface area contributed by atoms with E-state index in [1.807, 2.05) is 30.5 Å². The Bertz CT molecular complexity index is 857. The van der Waals surface area contributed by atoms with Crippen molar-refractivity contribution in [3.63, 3.8) is 0 Å². The van der Waals surface area contributed by atoms with Crippen LogP contribution in [-0.2, 0) is 24.4 Å². The molecule has 3 rings (SSSR count). The van der Waals surface area contributed by atoms with E-state index in [0.29, 0.717) is 19.4 Å². The van der Waals surface area contributed by atoms with Crippen molar-refractivity contribution in [3.8, 4) is 0 Å². The van der Waals surface area contributed by atoms with Crippen LogP contribution in [0.2, 0.25) is 0 Å². The van der Waals surface area contributed by atoms with Crippen molar-refractivity contribution in [3.05, 3.63) is 71.2 Å². The van der Waals surface area contributed by atoms with Gasteiger partial charge < -0.3 is 15.4 Å². The molecule has 0 aliphatic rings. The first kappa shape index (κ1) is 16.2. The van der Waals surface area contributed by atoms with E-state index in [-0.39, 0.29) is 18.1 Å². The zero-order valence-electron chi connectivity index (χ0n) is 13.2. The van der Waals surface area contributed by atoms with E-state index in [2.05, 4.69) is 10.3 Å². The molecule has 24 heavy (non-hydrogen) atoms.